The lowest BCUT2D eigenvalue weighted by molar-refractivity contribution is -0.228. The number of hydrogen-bond donors (Lipinski definition) is 3. The molecule has 3 aromatic rings. The summed E-state index contributed by atoms with van der Waals surface area (Å²) < 4.78 is 59.7. The Hall–Kier alpha value is -3.68. The molecule has 0 amide bonds. The zero-order valence-electron chi connectivity index (χ0n) is 21.8. The van der Waals surface area contributed by atoms with E-state index in [2.05, 4.69) is 15.0 Å². The van der Waals surface area contributed by atoms with Crippen molar-refractivity contribution in [2.45, 2.75) is 49.9 Å². The average molecular weight is 595 g/mol. The Morgan fingerprint density at radius 2 is 1.88 bits per heavy atom. The number of esters is 1. The number of carbonyl (C=O) groups is 1. The molecule has 2 aromatic carbocycles. The zero-order valence-corrected chi connectivity index (χ0v) is 22.7. The predicted molar refractivity (Wildman–Crippen MR) is 142 cm³/mol. The van der Waals surface area contributed by atoms with Crippen LogP contribution < -0.4 is 21.0 Å². The topological polar surface area (TPSA) is 164 Å². The van der Waals surface area contributed by atoms with Gasteiger partial charge in [0.2, 0.25) is 0 Å². The zero-order chi connectivity index (χ0) is 29.6. The van der Waals surface area contributed by atoms with E-state index in [0.29, 0.717) is 0 Å². The predicted octanol–water partition coefficient (Wildman–Crippen LogP) is 3.03. The first-order chi connectivity index (χ1) is 19.5. The number of nitrogens with one attached hydrogen (secondary N) is 1. The molecule has 0 spiro atoms. The molecule has 12 nitrogen and oxygen atoms in total. The molecule has 0 aliphatic heterocycles. The number of aromatic nitrogens is 2. The van der Waals surface area contributed by atoms with Crippen molar-refractivity contribution in [2.24, 2.45) is 0 Å². The van der Waals surface area contributed by atoms with Gasteiger partial charge < -0.3 is 20.1 Å². The molecule has 6 atom stereocenters. The molecule has 1 fully saturated rings. The fourth-order valence-electron chi connectivity index (χ4n) is 4.05. The van der Waals surface area contributed by atoms with Crippen LogP contribution in [-0.4, -0.2) is 51.2 Å². The van der Waals surface area contributed by atoms with E-state index in [9.17, 15) is 23.8 Å². The minimum absolute atomic E-state index is 0.0489. The number of rotatable bonds is 14. The first kappa shape index (κ1) is 30.3. The molecule has 4 N–H and O–H groups in total. The third-order valence-corrected chi connectivity index (χ3v) is 8.00. The van der Waals surface area contributed by atoms with Gasteiger partial charge in [-0.2, -0.15) is 15.0 Å². The lowest BCUT2D eigenvalue weighted by Crippen LogP contribution is -2.43. The summed E-state index contributed by atoms with van der Waals surface area (Å²) in [6.45, 7) is 0.333. The van der Waals surface area contributed by atoms with Crippen LogP contribution in [0.15, 0.2) is 77.7 Å². The Balaban J connectivity index is 1.44. The Morgan fingerprint density at radius 3 is 2.51 bits per heavy atom. The fourth-order valence-corrected chi connectivity index (χ4v) is 5.55. The second kappa shape index (κ2) is 12.9. The molecule has 0 saturated heterocycles. The molecule has 0 radical (unpaired) electrons. The number of benzene rings is 2. The third-order valence-electron chi connectivity index (χ3n) is 6.35. The van der Waals surface area contributed by atoms with E-state index in [1.807, 2.05) is 0 Å². The van der Waals surface area contributed by atoms with E-state index in [0.717, 1.165) is 10.1 Å². The van der Waals surface area contributed by atoms with Crippen molar-refractivity contribution < 1.29 is 42.1 Å². The van der Waals surface area contributed by atoms with Crippen LogP contribution in [0.1, 0.15) is 24.9 Å². The van der Waals surface area contributed by atoms with E-state index < -0.39 is 56.0 Å². The van der Waals surface area contributed by atoms with Gasteiger partial charge in [0, 0.05) is 12.6 Å². The first-order valence-corrected chi connectivity index (χ1v) is 14.1. The highest BCUT2D eigenvalue weighted by molar-refractivity contribution is 7.52. The summed E-state index contributed by atoms with van der Waals surface area (Å²) in [5.41, 5.74) is 2.83. The molecule has 1 aliphatic carbocycles. The maximum absolute atomic E-state index is 15.5. The normalized spacial score (nSPS) is 21.7. The summed E-state index contributed by atoms with van der Waals surface area (Å²) in [5, 5.41) is 13.0. The number of halogens is 2. The number of alkyl halides is 1. The van der Waals surface area contributed by atoms with Gasteiger partial charge in [0.15, 0.2) is 11.8 Å². The highest BCUT2D eigenvalue weighted by Crippen LogP contribution is 2.54. The van der Waals surface area contributed by atoms with E-state index in [1.165, 1.54) is 31.3 Å². The highest BCUT2D eigenvalue weighted by Gasteiger charge is 2.64. The van der Waals surface area contributed by atoms with Crippen LogP contribution in [0.3, 0.4) is 0 Å². The molecule has 1 aliphatic rings. The largest absolute Gasteiger partial charge is 0.460 e. The number of hydrogen-bond acceptors (Lipinski definition) is 10. The van der Waals surface area contributed by atoms with Gasteiger partial charge in [0.25, 0.3) is 0 Å². The lowest BCUT2D eigenvalue weighted by atomic mass is 10.1. The Kier molecular flexibility index (Phi) is 9.51. The van der Waals surface area contributed by atoms with E-state index in [1.54, 1.807) is 48.5 Å². The number of nitrogen functional groups attached to an aromatic ring is 1. The van der Waals surface area contributed by atoms with Crippen molar-refractivity contribution in [1.29, 1.82) is 0 Å². The summed E-state index contributed by atoms with van der Waals surface area (Å²) in [6.07, 6.45) is -3.30. The molecule has 1 saturated carbocycles. The number of para-hydroxylation sites is 1. The van der Waals surface area contributed by atoms with Crippen LogP contribution in [0.25, 0.3) is 0 Å². The number of aliphatic hydroxyl groups excluding tert-OH is 1. The van der Waals surface area contributed by atoms with Gasteiger partial charge in [0.1, 0.15) is 30.3 Å². The SMILES string of the molecule is C[C@H](NP(=O)(OCC(OF)[C@H](O)C1(F)C[C@H]1n1ccc(N)nc1=O)Oc1ccccc1)C(=O)OCc1ccccc1. The molecule has 15 heteroatoms. The summed E-state index contributed by atoms with van der Waals surface area (Å²) >= 11 is 0. The minimum atomic E-state index is -4.48. The standard InChI is InChI=1S/C26H29F2N4O8P/c1-17(24(34)37-15-18-8-4-2-5-9-18)31-41(36,40-19-10-6-3-7-11-19)38-16-20(39-28)23(33)26(27)14-21(26)32-13-12-22(29)30-25(32)35/h2-13,17,20-21,23,33H,14-16H2,1H3,(H,31,36)(H2,29,30,35)/t17-,20?,21+,23-,26?,41?/m0/s1. The molecule has 1 heterocycles. The van der Waals surface area contributed by atoms with Crippen molar-refractivity contribution in [1.82, 2.24) is 14.6 Å². The molecular formula is C26H29F2N4O8P. The van der Waals surface area contributed by atoms with Crippen molar-refractivity contribution in [3.05, 3.63) is 89.0 Å². The van der Waals surface area contributed by atoms with Gasteiger partial charge in [-0.05, 0) is 35.2 Å². The average Bonchev–Trinajstić information content (AvgIpc) is 3.64. The molecule has 0 bridgehead atoms. The number of nitrogens with zero attached hydrogens (tertiary/aromatic N) is 2. The maximum Gasteiger partial charge on any atom is 0.459 e. The van der Waals surface area contributed by atoms with Gasteiger partial charge in [-0.3, -0.25) is 13.9 Å². The van der Waals surface area contributed by atoms with Crippen LogP contribution >= 0.6 is 7.75 Å². The smallest absolute Gasteiger partial charge is 0.459 e. The number of carbonyl (C=O) groups excluding carboxylic acids is 1. The summed E-state index contributed by atoms with van der Waals surface area (Å²) in [6, 6.07) is 15.5. The minimum Gasteiger partial charge on any atom is -0.460 e. The van der Waals surface area contributed by atoms with Crippen LogP contribution in [0.2, 0.25) is 0 Å². The molecule has 3 unspecified atom stereocenters. The third kappa shape index (κ3) is 7.54. The lowest BCUT2D eigenvalue weighted by Gasteiger charge is -2.26. The molecule has 1 aromatic heterocycles. The number of ether oxygens (including phenoxy) is 1. The second-order valence-electron chi connectivity index (χ2n) is 9.40. The van der Waals surface area contributed by atoms with Crippen molar-refractivity contribution >= 4 is 19.5 Å². The van der Waals surface area contributed by atoms with E-state index >= 15 is 4.39 Å². The van der Waals surface area contributed by atoms with Crippen LogP contribution in [0.5, 0.6) is 5.75 Å². The summed E-state index contributed by atoms with van der Waals surface area (Å²) in [7, 11) is -4.48. The van der Waals surface area contributed by atoms with Crippen molar-refractivity contribution in [3.63, 3.8) is 0 Å². The molecule has 220 valence electrons. The first-order valence-electron chi connectivity index (χ1n) is 12.5. The summed E-state index contributed by atoms with van der Waals surface area (Å²) in [4.78, 5) is 31.9. The Morgan fingerprint density at radius 1 is 1.22 bits per heavy atom. The highest BCUT2D eigenvalue weighted by atomic mass is 31.2. The van der Waals surface area contributed by atoms with Gasteiger partial charge >= 0.3 is 19.4 Å². The van der Waals surface area contributed by atoms with Gasteiger partial charge in [-0.1, -0.05) is 48.5 Å². The quantitative estimate of drug-likeness (QED) is 0.186. The molecule has 41 heavy (non-hydrogen) atoms. The van der Waals surface area contributed by atoms with Gasteiger partial charge in [-0.15, -0.1) is 0 Å². The van der Waals surface area contributed by atoms with Crippen LogP contribution in [-0.2, 0) is 30.2 Å². The van der Waals surface area contributed by atoms with Crippen molar-refractivity contribution in [2.75, 3.05) is 12.3 Å². The van der Waals surface area contributed by atoms with Gasteiger partial charge in [0.05, 0.1) is 12.6 Å². The van der Waals surface area contributed by atoms with Gasteiger partial charge in [-0.25, -0.2) is 13.8 Å². The number of aliphatic hydroxyl groups is 1. The van der Waals surface area contributed by atoms with E-state index in [-0.39, 0.29) is 24.6 Å². The second-order valence-corrected chi connectivity index (χ2v) is 11.1. The number of nitrogens with two attached hydrogens (primary N) is 1. The Labute approximate surface area is 233 Å². The van der Waals surface area contributed by atoms with Crippen LogP contribution in [0.4, 0.5) is 14.7 Å². The van der Waals surface area contributed by atoms with E-state index in [4.69, 9.17) is 19.5 Å². The monoisotopic (exact) mass is 594 g/mol. The van der Waals surface area contributed by atoms with Crippen molar-refractivity contribution in [3.8, 4) is 5.75 Å². The maximum atomic E-state index is 15.5. The Bertz CT molecular complexity index is 1430. The molecule has 4 rings (SSSR count). The fraction of sp³-hybridized carbons (Fsp3) is 0.346. The number of anilines is 1. The summed E-state index contributed by atoms with van der Waals surface area (Å²) in [5.74, 6) is -0.792. The molecular weight excluding hydrogens is 565 g/mol. The van der Waals surface area contributed by atoms with Crippen LogP contribution in [0, 0.1) is 0 Å².